The lowest BCUT2D eigenvalue weighted by Gasteiger charge is -2.49. The molecule has 90 heavy (non-hydrogen) atoms. The molecule has 522 valence electrons. The van der Waals surface area contributed by atoms with Crippen molar-refractivity contribution in [1.82, 2.24) is 85.1 Å². The molecule has 0 aromatic carbocycles. The molecule has 41 heteroatoms. The van der Waals surface area contributed by atoms with E-state index in [9.17, 15) is 64.5 Å². The van der Waals surface area contributed by atoms with Crippen LogP contribution in [0.4, 0.5) is 28.8 Å². The fraction of sp³-hybridized carbons (Fsp3) is 0.878. The number of hydrogen-bond donors (Lipinski definition) is 29. The molecular weight excluding hydrogens is 1200 g/mol. The monoisotopic (exact) mass is 1300 g/mol. The number of aliphatic hydroxyl groups is 7. The first kappa shape index (κ1) is 77.1. The summed E-state index contributed by atoms with van der Waals surface area (Å²) in [5.41, 5.74) is 33.5. The van der Waals surface area contributed by atoms with Crippen molar-refractivity contribution < 1.29 is 92.9 Å². The van der Waals surface area contributed by atoms with Gasteiger partial charge < -0.3 is 184 Å². The van der Waals surface area contributed by atoms with E-state index in [1.165, 1.54) is 0 Å². The van der Waals surface area contributed by atoms with Crippen LogP contribution in [0.1, 0.15) is 6.42 Å². The molecule has 0 bridgehead atoms. The van der Waals surface area contributed by atoms with Crippen molar-refractivity contribution in [3.05, 3.63) is 0 Å². The highest BCUT2D eigenvalue weighted by molar-refractivity contribution is 5.76. The molecule has 3 saturated heterocycles. The quantitative estimate of drug-likeness (QED) is 0.0254. The molecular formula is C49H102N22O19. The van der Waals surface area contributed by atoms with Crippen LogP contribution < -0.4 is 119 Å². The molecule has 1 aliphatic carbocycles. The molecule has 19 atom stereocenters. The number of nitrogens with two attached hydrogens (primary N) is 6. The van der Waals surface area contributed by atoms with Crippen LogP contribution in [-0.2, 0) is 28.4 Å². The van der Waals surface area contributed by atoms with Gasteiger partial charge in [0.1, 0.15) is 85.3 Å². The molecule has 3 aliphatic heterocycles. The molecule has 4 aliphatic rings. The highest BCUT2D eigenvalue weighted by atomic mass is 16.8. The van der Waals surface area contributed by atoms with Crippen LogP contribution in [0.2, 0.25) is 0 Å². The molecule has 3 heterocycles. The minimum Gasteiger partial charge on any atom is -0.394 e. The van der Waals surface area contributed by atoms with E-state index >= 15 is 0 Å². The van der Waals surface area contributed by atoms with Gasteiger partial charge >= 0.3 is 36.2 Å². The number of aliphatic hydroxyl groups excluding tert-OH is 7. The second-order valence-corrected chi connectivity index (χ2v) is 21.2. The van der Waals surface area contributed by atoms with Crippen molar-refractivity contribution >= 4 is 36.2 Å². The molecule has 0 aromatic rings. The SMILES string of the molecule is NCCNCCNC(=O)NC[C@@H]1O[C@H](O[C@H]2[C@@H](O)[C@H](O[C@@H]3[C@@H](O)[C@H](NC(=O)NCCN)C[C@H](NC(=O)NCCN)[C@H]3O[C@H]3O[C@H](CNC(=O)NCCNCCN)[C@@H](O)[C@H](O)[C@H]3NC(=O)NCCNCCN)O[C@@H]2CO)[C@H](NC(=O)NCCNCCN)[C@@H](O)[C@@H]1O. The van der Waals surface area contributed by atoms with Crippen molar-refractivity contribution in [3.63, 3.8) is 0 Å². The number of amides is 12. The zero-order valence-electron chi connectivity index (χ0n) is 50.4. The summed E-state index contributed by atoms with van der Waals surface area (Å²) < 4.78 is 37.8. The number of hydrogen-bond acceptors (Lipinski definition) is 29. The summed E-state index contributed by atoms with van der Waals surface area (Å²) in [5, 5.41) is 125. The molecule has 12 amide bonds. The van der Waals surface area contributed by atoms with Crippen LogP contribution in [0.3, 0.4) is 0 Å². The number of rotatable bonds is 39. The Hall–Kier alpha value is -5.30. The van der Waals surface area contributed by atoms with Gasteiger partial charge in [-0.15, -0.1) is 0 Å². The molecule has 1 saturated carbocycles. The molecule has 0 spiro atoms. The Morgan fingerprint density at radius 1 is 0.344 bits per heavy atom. The van der Waals surface area contributed by atoms with E-state index in [2.05, 4.69) is 85.1 Å². The average Bonchev–Trinajstić information content (AvgIpc) is 1.28. The van der Waals surface area contributed by atoms with E-state index in [1.54, 1.807) is 0 Å². The molecule has 0 unspecified atom stereocenters. The second-order valence-electron chi connectivity index (χ2n) is 21.2. The van der Waals surface area contributed by atoms with Crippen LogP contribution in [0.5, 0.6) is 0 Å². The molecule has 0 radical (unpaired) electrons. The standard InChI is InChI=1S/C49H102N22O19/c50-1-7-56-13-17-62-44(79)66-22-27-33(74)35(76)30(70-48(83)64-19-15-58-9-3-52)41(85-27)88-38-26(69-47(82)61-12-6-55)21-25(68-46(81)60-11-5-54)32(73)40(38)90-43-37(78)39(29(24-72)87-43)89-42-31(71-49(84)65-20-16-59-10-4-53)36(77)34(75)28(86-42)23-67-45(80)63-18-14-57-8-2-51/h25-43,56-59,72-78H,1-24,50-55H2,(H2,60,68,81)(H2,61,69,82)(H2,62,66,79)(H2,63,67,80)(H2,64,70,83)(H2,65,71,84)/t25-,26+,27-,28+,29-,30-,31-,32+,33-,34-,35-,36-,37-,38-,39-,40-,41-,42-,43+/m1/s1. The Labute approximate surface area is 520 Å². The molecule has 41 nitrogen and oxygen atoms in total. The maximum atomic E-state index is 13.7. The third kappa shape index (κ3) is 25.7. The van der Waals surface area contributed by atoms with Gasteiger partial charge in [-0.05, 0) is 6.42 Å². The number of urea groups is 6. The first-order chi connectivity index (χ1) is 43.4. The number of carbonyl (C=O) groups excluding carboxylic acids is 6. The van der Waals surface area contributed by atoms with Crippen molar-refractivity contribution in [2.45, 2.75) is 123 Å². The normalized spacial score (nSPS) is 30.7. The van der Waals surface area contributed by atoms with Crippen molar-refractivity contribution in [2.75, 3.05) is 151 Å². The molecule has 4 fully saturated rings. The summed E-state index contributed by atoms with van der Waals surface area (Å²) in [4.78, 5) is 79.6. The topological polar surface area (TPSA) is 648 Å². The lowest BCUT2D eigenvalue weighted by atomic mass is 9.83. The fourth-order valence-corrected chi connectivity index (χ4v) is 9.84. The average molecular weight is 1300 g/mol. The Bertz CT molecular complexity index is 2080. The molecule has 35 N–H and O–H groups in total. The highest BCUT2D eigenvalue weighted by Gasteiger charge is 2.57. The van der Waals surface area contributed by atoms with Crippen LogP contribution in [0.25, 0.3) is 0 Å². The predicted octanol–water partition coefficient (Wildman–Crippen LogP) is -14.7. The van der Waals surface area contributed by atoms with Gasteiger partial charge in [0.05, 0.1) is 18.7 Å². The van der Waals surface area contributed by atoms with E-state index in [-0.39, 0.29) is 71.9 Å². The summed E-state index contributed by atoms with van der Waals surface area (Å²) in [7, 11) is 0. The Morgan fingerprint density at radius 3 is 1.09 bits per heavy atom. The Kier molecular flexibility index (Phi) is 36.7. The van der Waals surface area contributed by atoms with Gasteiger partial charge in [0.2, 0.25) is 0 Å². The lowest BCUT2D eigenvalue weighted by molar-refractivity contribution is -0.310. The van der Waals surface area contributed by atoms with Crippen molar-refractivity contribution in [3.8, 4) is 0 Å². The predicted molar refractivity (Wildman–Crippen MR) is 318 cm³/mol. The van der Waals surface area contributed by atoms with E-state index in [4.69, 9.17) is 62.8 Å². The lowest BCUT2D eigenvalue weighted by Crippen LogP contribution is -2.71. The maximum absolute atomic E-state index is 13.7. The summed E-state index contributed by atoms with van der Waals surface area (Å²) in [6.07, 6.45) is -27.5. The molecule has 4 rings (SSSR count). The van der Waals surface area contributed by atoms with Gasteiger partial charge in [-0.3, -0.25) is 0 Å². The van der Waals surface area contributed by atoms with Crippen LogP contribution in [0.15, 0.2) is 0 Å². The van der Waals surface area contributed by atoms with E-state index in [1.807, 2.05) is 0 Å². The third-order valence-electron chi connectivity index (χ3n) is 14.4. The van der Waals surface area contributed by atoms with Crippen LogP contribution >= 0.6 is 0 Å². The summed E-state index contributed by atoms with van der Waals surface area (Å²) >= 11 is 0. The number of nitrogens with one attached hydrogen (secondary N) is 16. The largest absolute Gasteiger partial charge is 0.394 e. The Balaban J connectivity index is 1.76. The minimum atomic E-state index is -2.04. The summed E-state index contributed by atoms with van der Waals surface area (Å²) in [5.74, 6) is 0. The highest BCUT2D eigenvalue weighted by Crippen LogP contribution is 2.36. The van der Waals surface area contributed by atoms with Gasteiger partial charge in [-0.1, -0.05) is 0 Å². The van der Waals surface area contributed by atoms with Crippen LogP contribution in [-0.4, -0.2) is 339 Å². The zero-order chi connectivity index (χ0) is 66.0. The van der Waals surface area contributed by atoms with Gasteiger partial charge in [0.25, 0.3) is 0 Å². The van der Waals surface area contributed by atoms with E-state index < -0.39 is 172 Å². The fourth-order valence-electron chi connectivity index (χ4n) is 9.84. The Morgan fingerprint density at radius 2 is 0.689 bits per heavy atom. The maximum Gasteiger partial charge on any atom is 0.315 e. The minimum absolute atomic E-state index is 0.0139. The van der Waals surface area contributed by atoms with Crippen molar-refractivity contribution in [2.24, 2.45) is 34.4 Å². The van der Waals surface area contributed by atoms with E-state index in [0.717, 1.165) is 0 Å². The van der Waals surface area contributed by atoms with E-state index in [0.29, 0.717) is 65.4 Å². The third-order valence-corrected chi connectivity index (χ3v) is 14.4. The number of ether oxygens (including phenoxy) is 6. The van der Waals surface area contributed by atoms with Gasteiger partial charge in [-0.2, -0.15) is 0 Å². The number of carbonyl (C=O) groups is 6. The van der Waals surface area contributed by atoms with Gasteiger partial charge in [0, 0.05) is 144 Å². The summed E-state index contributed by atoms with van der Waals surface area (Å²) in [6, 6.07) is -11.0. The zero-order valence-corrected chi connectivity index (χ0v) is 50.4. The van der Waals surface area contributed by atoms with Crippen molar-refractivity contribution in [1.29, 1.82) is 0 Å². The molecule has 0 aromatic heterocycles. The smallest absolute Gasteiger partial charge is 0.315 e. The first-order valence-corrected chi connectivity index (χ1v) is 30.2. The summed E-state index contributed by atoms with van der Waals surface area (Å²) in [6.45, 7) is 3.00. The van der Waals surface area contributed by atoms with Crippen LogP contribution in [0, 0.1) is 0 Å². The first-order valence-electron chi connectivity index (χ1n) is 30.2. The van der Waals surface area contributed by atoms with Gasteiger partial charge in [-0.25, -0.2) is 28.8 Å². The van der Waals surface area contributed by atoms with Gasteiger partial charge in [0.15, 0.2) is 18.9 Å². The second kappa shape index (κ2) is 42.8.